The van der Waals surface area contributed by atoms with Crippen molar-refractivity contribution in [3.63, 3.8) is 0 Å². The van der Waals surface area contributed by atoms with Gasteiger partial charge in [0.15, 0.2) is 5.65 Å². The number of nitrogens with two attached hydrogens (primary N) is 2. The smallest absolute Gasteiger partial charge is 0.224 e. The van der Waals surface area contributed by atoms with Crippen molar-refractivity contribution in [2.75, 3.05) is 24.1 Å². The summed E-state index contributed by atoms with van der Waals surface area (Å²) in [5, 5.41) is 2.97. The van der Waals surface area contributed by atoms with Crippen molar-refractivity contribution in [1.82, 2.24) is 24.9 Å². The summed E-state index contributed by atoms with van der Waals surface area (Å²) < 4.78 is 0. The van der Waals surface area contributed by atoms with E-state index in [-0.39, 0.29) is 0 Å². The first kappa shape index (κ1) is 12.3. The third kappa shape index (κ3) is 2.24. The molecular weight excluding hydrogens is 256 g/mol. The van der Waals surface area contributed by atoms with Crippen LogP contribution in [0.2, 0.25) is 0 Å². The van der Waals surface area contributed by atoms with Crippen molar-refractivity contribution in [1.29, 1.82) is 0 Å². The topological polar surface area (TPSA) is 131 Å². The van der Waals surface area contributed by atoms with Crippen molar-refractivity contribution in [2.45, 2.75) is 0 Å². The highest BCUT2D eigenvalue weighted by atomic mass is 15.1. The van der Waals surface area contributed by atoms with E-state index in [4.69, 9.17) is 11.5 Å². The van der Waals surface area contributed by atoms with Crippen LogP contribution in [-0.2, 0) is 0 Å². The Balaban J connectivity index is 1.96. The van der Waals surface area contributed by atoms with Crippen LogP contribution in [0.15, 0.2) is 24.7 Å². The molecule has 3 heterocycles. The number of nitrogens with zero attached hydrogens (tertiary/aromatic N) is 4. The molecule has 3 aromatic rings. The molecule has 8 nitrogen and oxygen atoms in total. The molecule has 0 bridgehead atoms. The Hall–Kier alpha value is -2.74. The Morgan fingerprint density at radius 3 is 2.90 bits per heavy atom. The second kappa shape index (κ2) is 5.10. The molecule has 102 valence electrons. The number of fused-ring (bicyclic) bond motifs is 1. The number of hydrogen-bond donors (Lipinski definition) is 4. The van der Waals surface area contributed by atoms with Gasteiger partial charge in [-0.05, 0) is 6.07 Å². The lowest BCUT2D eigenvalue weighted by atomic mass is 10.2. The summed E-state index contributed by atoms with van der Waals surface area (Å²) in [7, 11) is 0. The largest absolute Gasteiger partial charge is 0.383 e. The summed E-state index contributed by atoms with van der Waals surface area (Å²) in [6, 6.07) is 1.85. The molecule has 3 rings (SSSR count). The van der Waals surface area contributed by atoms with Gasteiger partial charge in [-0.1, -0.05) is 0 Å². The average Bonchev–Trinajstić information content (AvgIpc) is 2.92. The van der Waals surface area contributed by atoms with Crippen LogP contribution in [0, 0.1) is 0 Å². The van der Waals surface area contributed by atoms with Crippen LogP contribution in [0.3, 0.4) is 0 Å². The SMILES string of the molecule is NCCNc1ncc(-c2cnc3[nH]ccc3n2)c(N)n1. The number of H-pyrrole nitrogens is 1. The second-order valence-corrected chi connectivity index (χ2v) is 4.17. The van der Waals surface area contributed by atoms with Gasteiger partial charge in [0.2, 0.25) is 5.95 Å². The number of nitrogen functional groups attached to an aromatic ring is 1. The lowest BCUT2D eigenvalue weighted by Crippen LogP contribution is -2.15. The minimum absolute atomic E-state index is 0.351. The van der Waals surface area contributed by atoms with Crippen molar-refractivity contribution in [3.8, 4) is 11.3 Å². The third-order valence-corrected chi connectivity index (χ3v) is 2.78. The Morgan fingerprint density at radius 1 is 1.20 bits per heavy atom. The lowest BCUT2D eigenvalue weighted by Gasteiger charge is -2.07. The zero-order valence-electron chi connectivity index (χ0n) is 10.7. The second-order valence-electron chi connectivity index (χ2n) is 4.17. The highest BCUT2D eigenvalue weighted by Crippen LogP contribution is 2.23. The van der Waals surface area contributed by atoms with E-state index in [2.05, 4.69) is 30.2 Å². The fourth-order valence-corrected chi connectivity index (χ4v) is 1.82. The van der Waals surface area contributed by atoms with Gasteiger partial charge in [0.05, 0.1) is 17.5 Å². The normalized spacial score (nSPS) is 10.8. The molecule has 0 aromatic carbocycles. The Kier molecular flexibility index (Phi) is 3.13. The molecule has 6 N–H and O–H groups in total. The number of rotatable bonds is 4. The highest BCUT2D eigenvalue weighted by molar-refractivity contribution is 5.77. The minimum atomic E-state index is 0.351. The Labute approximate surface area is 114 Å². The fraction of sp³-hybridized carbons (Fsp3) is 0.167. The first-order valence-corrected chi connectivity index (χ1v) is 6.15. The number of hydrogen-bond acceptors (Lipinski definition) is 7. The molecule has 0 aliphatic rings. The maximum atomic E-state index is 5.95. The van der Waals surface area contributed by atoms with Gasteiger partial charge >= 0.3 is 0 Å². The fourth-order valence-electron chi connectivity index (χ4n) is 1.82. The van der Waals surface area contributed by atoms with Crippen LogP contribution in [0.25, 0.3) is 22.4 Å². The molecule has 0 saturated carbocycles. The first-order valence-electron chi connectivity index (χ1n) is 6.15. The molecular formula is C12H14N8. The molecule has 0 radical (unpaired) electrons. The Bertz CT molecular complexity index is 735. The molecule has 20 heavy (non-hydrogen) atoms. The van der Waals surface area contributed by atoms with Crippen LogP contribution in [0.1, 0.15) is 0 Å². The quantitative estimate of drug-likeness (QED) is 0.538. The number of aromatic nitrogens is 5. The number of aromatic amines is 1. The van der Waals surface area contributed by atoms with Gasteiger partial charge in [-0.25, -0.2) is 15.0 Å². The number of anilines is 2. The first-order chi connectivity index (χ1) is 9.78. The van der Waals surface area contributed by atoms with E-state index in [9.17, 15) is 0 Å². The maximum Gasteiger partial charge on any atom is 0.224 e. The summed E-state index contributed by atoms with van der Waals surface area (Å²) in [6.07, 6.45) is 5.05. The summed E-state index contributed by atoms with van der Waals surface area (Å²) in [4.78, 5) is 20.1. The van der Waals surface area contributed by atoms with Crippen LogP contribution >= 0.6 is 0 Å². The lowest BCUT2D eigenvalue weighted by molar-refractivity contribution is 0.991. The van der Waals surface area contributed by atoms with Gasteiger partial charge in [-0.15, -0.1) is 0 Å². The third-order valence-electron chi connectivity index (χ3n) is 2.78. The molecule has 0 atom stereocenters. The summed E-state index contributed by atoms with van der Waals surface area (Å²) in [5.41, 5.74) is 14.1. The van der Waals surface area contributed by atoms with Crippen LogP contribution < -0.4 is 16.8 Å². The van der Waals surface area contributed by atoms with Gasteiger partial charge in [0, 0.05) is 25.5 Å². The predicted molar refractivity (Wildman–Crippen MR) is 76.9 cm³/mol. The molecule has 3 aromatic heterocycles. The van der Waals surface area contributed by atoms with E-state index in [0.29, 0.717) is 36.1 Å². The summed E-state index contributed by atoms with van der Waals surface area (Å²) in [5.74, 6) is 0.802. The van der Waals surface area contributed by atoms with Crippen LogP contribution in [0.4, 0.5) is 11.8 Å². The molecule has 0 spiro atoms. The van der Waals surface area contributed by atoms with Crippen molar-refractivity contribution >= 4 is 22.9 Å². The molecule has 0 aliphatic heterocycles. The van der Waals surface area contributed by atoms with E-state index >= 15 is 0 Å². The zero-order valence-corrected chi connectivity index (χ0v) is 10.7. The van der Waals surface area contributed by atoms with Crippen molar-refractivity contribution in [2.24, 2.45) is 5.73 Å². The van der Waals surface area contributed by atoms with Gasteiger partial charge in [0.1, 0.15) is 11.3 Å². The predicted octanol–water partition coefficient (Wildman–Crippen LogP) is 0.368. The zero-order chi connectivity index (χ0) is 13.9. The standard InChI is InChI=1S/C12H14N8/c13-2-4-16-12-18-5-7(10(14)20-12)9-6-17-11-8(19-9)1-3-15-11/h1,3,5-6H,2,4,13H2,(H,15,17)(H3,14,16,18,20). The molecule has 8 heteroatoms. The molecule has 0 unspecified atom stereocenters. The molecule has 0 aliphatic carbocycles. The number of nitrogens with one attached hydrogen (secondary N) is 2. The van der Waals surface area contributed by atoms with Gasteiger partial charge in [0.25, 0.3) is 0 Å². The molecule has 0 amide bonds. The van der Waals surface area contributed by atoms with Crippen LogP contribution in [-0.4, -0.2) is 38.0 Å². The Morgan fingerprint density at radius 2 is 2.10 bits per heavy atom. The summed E-state index contributed by atoms with van der Waals surface area (Å²) in [6.45, 7) is 1.09. The van der Waals surface area contributed by atoms with E-state index in [1.165, 1.54) is 0 Å². The molecule has 0 saturated heterocycles. The van der Waals surface area contributed by atoms with Crippen molar-refractivity contribution in [3.05, 3.63) is 24.7 Å². The van der Waals surface area contributed by atoms with Gasteiger partial charge in [-0.3, -0.25) is 0 Å². The maximum absolute atomic E-state index is 5.95. The monoisotopic (exact) mass is 270 g/mol. The summed E-state index contributed by atoms with van der Waals surface area (Å²) >= 11 is 0. The molecule has 0 fully saturated rings. The van der Waals surface area contributed by atoms with Crippen LogP contribution in [0.5, 0.6) is 0 Å². The van der Waals surface area contributed by atoms with Gasteiger partial charge in [-0.2, -0.15) is 4.98 Å². The van der Waals surface area contributed by atoms with E-state index < -0.39 is 0 Å². The average molecular weight is 270 g/mol. The highest BCUT2D eigenvalue weighted by Gasteiger charge is 2.09. The van der Waals surface area contributed by atoms with E-state index in [1.54, 1.807) is 18.6 Å². The minimum Gasteiger partial charge on any atom is -0.383 e. The van der Waals surface area contributed by atoms with E-state index in [0.717, 1.165) is 11.2 Å². The van der Waals surface area contributed by atoms with Gasteiger partial charge < -0.3 is 21.8 Å². The van der Waals surface area contributed by atoms with E-state index in [1.807, 2.05) is 6.07 Å². The van der Waals surface area contributed by atoms with Crippen molar-refractivity contribution < 1.29 is 0 Å².